The molecule has 0 saturated heterocycles. The van der Waals surface area contributed by atoms with Crippen molar-refractivity contribution in [1.29, 1.82) is 0 Å². The molecule has 0 saturated carbocycles. The van der Waals surface area contributed by atoms with Gasteiger partial charge in [0, 0.05) is 32.9 Å². The summed E-state index contributed by atoms with van der Waals surface area (Å²) in [7, 11) is 4.74. The summed E-state index contributed by atoms with van der Waals surface area (Å²) in [5.41, 5.74) is 1.15. The number of aromatic nitrogens is 4. The molecule has 3 heterocycles. The van der Waals surface area contributed by atoms with Gasteiger partial charge in [-0.25, -0.2) is 4.79 Å². The summed E-state index contributed by atoms with van der Waals surface area (Å²) >= 11 is 0. The molecule has 8 nitrogen and oxygen atoms in total. The van der Waals surface area contributed by atoms with E-state index in [0.29, 0.717) is 23.7 Å². The van der Waals surface area contributed by atoms with Gasteiger partial charge < -0.3 is 14.2 Å². The Balaban J connectivity index is 1.92. The highest BCUT2D eigenvalue weighted by molar-refractivity contribution is 5.77. The smallest absolute Gasteiger partial charge is 0.332 e. The Bertz CT molecular complexity index is 1060. The van der Waals surface area contributed by atoms with Crippen LogP contribution in [0.4, 0.5) is 11.6 Å². The minimum Gasteiger partial charge on any atom is -0.497 e. The molecule has 0 atom stereocenters. The molecule has 1 aliphatic rings. The number of benzene rings is 1. The van der Waals surface area contributed by atoms with Gasteiger partial charge in [0.15, 0.2) is 11.2 Å². The van der Waals surface area contributed by atoms with Crippen molar-refractivity contribution < 1.29 is 4.74 Å². The van der Waals surface area contributed by atoms with Gasteiger partial charge in [0.25, 0.3) is 5.56 Å². The summed E-state index contributed by atoms with van der Waals surface area (Å²) in [6.07, 6.45) is 0. The SMILES string of the molecule is COc1ccc(N2CCn3c2nc2c3c(=O)n(C)c(=O)n2C)cc1. The van der Waals surface area contributed by atoms with E-state index >= 15 is 0 Å². The summed E-state index contributed by atoms with van der Waals surface area (Å²) in [5, 5.41) is 0. The van der Waals surface area contributed by atoms with Crippen LogP contribution in [0.25, 0.3) is 11.2 Å². The van der Waals surface area contributed by atoms with Crippen LogP contribution in [-0.4, -0.2) is 32.3 Å². The van der Waals surface area contributed by atoms with Crippen molar-refractivity contribution in [2.75, 3.05) is 18.6 Å². The third kappa shape index (κ3) is 1.82. The standard InChI is InChI=1S/C16H17N5O3/c1-18-13-12(14(22)19(2)16(18)23)21-9-8-20(15(21)17-13)10-4-6-11(24-3)7-5-10/h4-7H,8-9H2,1-3H3. The number of methoxy groups -OCH3 is 1. The Morgan fingerprint density at radius 3 is 2.42 bits per heavy atom. The first kappa shape index (κ1) is 14.6. The topological polar surface area (TPSA) is 74.3 Å². The lowest BCUT2D eigenvalue weighted by molar-refractivity contribution is 0.415. The molecule has 0 amide bonds. The Labute approximate surface area is 137 Å². The largest absolute Gasteiger partial charge is 0.497 e. The van der Waals surface area contributed by atoms with Crippen molar-refractivity contribution in [3.63, 3.8) is 0 Å². The highest BCUT2D eigenvalue weighted by atomic mass is 16.5. The number of ether oxygens (including phenoxy) is 1. The molecular formula is C16H17N5O3. The monoisotopic (exact) mass is 327 g/mol. The molecule has 0 bridgehead atoms. The number of imidazole rings is 1. The van der Waals surface area contributed by atoms with E-state index in [1.165, 1.54) is 11.6 Å². The molecule has 0 unspecified atom stereocenters. The molecule has 0 aliphatic carbocycles. The van der Waals surface area contributed by atoms with Crippen LogP contribution < -0.4 is 20.9 Å². The molecule has 1 aliphatic heterocycles. The number of fused-ring (bicyclic) bond motifs is 3. The predicted octanol–water partition coefficient (Wildman–Crippen LogP) is 0.594. The summed E-state index contributed by atoms with van der Waals surface area (Å²) in [6, 6.07) is 7.67. The fraction of sp³-hybridized carbons (Fsp3) is 0.312. The van der Waals surface area contributed by atoms with E-state index in [1.54, 1.807) is 14.2 Å². The van der Waals surface area contributed by atoms with Crippen LogP contribution in [0.2, 0.25) is 0 Å². The Morgan fingerprint density at radius 1 is 1.04 bits per heavy atom. The van der Waals surface area contributed by atoms with Gasteiger partial charge in [-0.15, -0.1) is 0 Å². The quantitative estimate of drug-likeness (QED) is 0.689. The zero-order chi connectivity index (χ0) is 17.0. The predicted molar refractivity (Wildman–Crippen MR) is 90.2 cm³/mol. The lowest BCUT2D eigenvalue weighted by Gasteiger charge is -2.16. The van der Waals surface area contributed by atoms with Crippen molar-refractivity contribution >= 4 is 22.8 Å². The van der Waals surface area contributed by atoms with Gasteiger partial charge >= 0.3 is 5.69 Å². The fourth-order valence-electron chi connectivity index (χ4n) is 3.16. The van der Waals surface area contributed by atoms with E-state index in [-0.39, 0.29) is 11.2 Å². The highest BCUT2D eigenvalue weighted by Gasteiger charge is 2.28. The molecule has 0 spiro atoms. The highest BCUT2D eigenvalue weighted by Crippen LogP contribution is 2.32. The second-order valence-electron chi connectivity index (χ2n) is 5.79. The third-order valence-electron chi connectivity index (χ3n) is 4.50. The maximum absolute atomic E-state index is 12.5. The molecule has 2 aromatic heterocycles. The molecule has 4 rings (SSSR count). The summed E-state index contributed by atoms with van der Waals surface area (Å²) < 4.78 is 9.59. The van der Waals surface area contributed by atoms with Gasteiger partial charge in [0.2, 0.25) is 5.95 Å². The van der Waals surface area contributed by atoms with Crippen LogP contribution in [0.15, 0.2) is 33.9 Å². The van der Waals surface area contributed by atoms with Crippen molar-refractivity contribution in [3.05, 3.63) is 45.1 Å². The van der Waals surface area contributed by atoms with E-state index in [1.807, 2.05) is 33.7 Å². The van der Waals surface area contributed by atoms with Gasteiger partial charge in [-0.3, -0.25) is 13.9 Å². The first-order valence-corrected chi connectivity index (χ1v) is 7.60. The number of rotatable bonds is 2. The minimum atomic E-state index is -0.375. The van der Waals surface area contributed by atoms with E-state index in [0.717, 1.165) is 22.5 Å². The molecule has 0 fully saturated rings. The maximum Gasteiger partial charge on any atom is 0.332 e. The number of hydrogen-bond acceptors (Lipinski definition) is 5. The third-order valence-corrected chi connectivity index (χ3v) is 4.50. The molecule has 124 valence electrons. The van der Waals surface area contributed by atoms with Crippen molar-refractivity contribution in [1.82, 2.24) is 18.7 Å². The summed E-state index contributed by atoms with van der Waals surface area (Å²) in [4.78, 5) is 31.2. The molecular weight excluding hydrogens is 310 g/mol. The van der Waals surface area contributed by atoms with Gasteiger partial charge in [0.05, 0.1) is 7.11 Å². The molecule has 8 heteroatoms. The average Bonchev–Trinajstić information content (AvgIpc) is 3.17. The van der Waals surface area contributed by atoms with Crippen LogP contribution >= 0.6 is 0 Å². The van der Waals surface area contributed by atoms with Gasteiger partial charge in [-0.05, 0) is 24.3 Å². The zero-order valence-corrected chi connectivity index (χ0v) is 13.7. The lowest BCUT2D eigenvalue weighted by Crippen LogP contribution is -2.37. The first-order valence-electron chi connectivity index (χ1n) is 7.60. The Hall–Kier alpha value is -3.03. The van der Waals surface area contributed by atoms with Crippen molar-refractivity contribution in [3.8, 4) is 5.75 Å². The first-order chi connectivity index (χ1) is 11.5. The Kier molecular flexibility index (Phi) is 3.02. The van der Waals surface area contributed by atoms with Crippen LogP contribution in [-0.2, 0) is 20.6 Å². The normalized spacial score (nSPS) is 13.5. The second-order valence-corrected chi connectivity index (χ2v) is 5.79. The van der Waals surface area contributed by atoms with E-state index in [2.05, 4.69) is 4.98 Å². The van der Waals surface area contributed by atoms with E-state index in [4.69, 9.17) is 4.74 Å². The van der Waals surface area contributed by atoms with E-state index < -0.39 is 0 Å². The molecule has 1 aromatic carbocycles. The van der Waals surface area contributed by atoms with Crippen LogP contribution in [0.5, 0.6) is 5.75 Å². The zero-order valence-electron chi connectivity index (χ0n) is 13.7. The van der Waals surface area contributed by atoms with Gasteiger partial charge in [0.1, 0.15) is 5.75 Å². The van der Waals surface area contributed by atoms with E-state index in [9.17, 15) is 9.59 Å². The maximum atomic E-state index is 12.5. The Morgan fingerprint density at radius 2 is 1.75 bits per heavy atom. The molecule has 0 radical (unpaired) electrons. The summed E-state index contributed by atoms with van der Waals surface area (Å²) in [5.74, 6) is 1.45. The van der Waals surface area contributed by atoms with Crippen molar-refractivity contribution in [2.45, 2.75) is 6.54 Å². The minimum absolute atomic E-state index is 0.316. The molecule has 3 aromatic rings. The summed E-state index contributed by atoms with van der Waals surface area (Å²) in [6.45, 7) is 1.36. The van der Waals surface area contributed by atoms with Crippen molar-refractivity contribution in [2.24, 2.45) is 14.1 Å². The van der Waals surface area contributed by atoms with Gasteiger partial charge in [-0.1, -0.05) is 0 Å². The van der Waals surface area contributed by atoms with Crippen LogP contribution in [0, 0.1) is 0 Å². The number of hydrogen-bond donors (Lipinski definition) is 0. The lowest BCUT2D eigenvalue weighted by atomic mass is 10.3. The average molecular weight is 327 g/mol. The number of aryl methyl sites for hydroxylation is 1. The van der Waals surface area contributed by atoms with Gasteiger partial charge in [-0.2, -0.15) is 4.98 Å². The number of anilines is 2. The molecule has 24 heavy (non-hydrogen) atoms. The second kappa shape index (κ2) is 4.98. The molecule has 0 N–H and O–H groups in total. The van der Waals surface area contributed by atoms with Crippen LogP contribution in [0.3, 0.4) is 0 Å². The van der Waals surface area contributed by atoms with Crippen LogP contribution in [0.1, 0.15) is 0 Å². The number of nitrogens with zero attached hydrogens (tertiary/aromatic N) is 5. The fourth-order valence-corrected chi connectivity index (χ4v) is 3.16.